The lowest BCUT2D eigenvalue weighted by Gasteiger charge is -2.09. The number of fused-ring (bicyclic) bond motifs is 1. The molecule has 0 unspecified atom stereocenters. The Morgan fingerprint density at radius 3 is 2.04 bits per heavy atom. The average Bonchev–Trinajstić information content (AvgIpc) is 2.68. The minimum absolute atomic E-state index is 0.332. The largest absolute Gasteiger partial charge is 0.511 e. The summed E-state index contributed by atoms with van der Waals surface area (Å²) in [7, 11) is 0. The molecular formula is C23H16O3. The maximum Gasteiger partial charge on any atom is 0.511 e. The number of hydrogen-bond donors (Lipinski definition) is 1. The molecule has 0 bridgehead atoms. The van der Waals surface area contributed by atoms with Crippen LogP contribution in [0.3, 0.4) is 0 Å². The SMILES string of the molecule is O=C(O)Oc1ccccc1-c1ccc(-c2ccc3ccccc3c2)cc1. The van der Waals surface area contributed by atoms with Crippen molar-refractivity contribution in [1.29, 1.82) is 0 Å². The summed E-state index contributed by atoms with van der Waals surface area (Å²) in [5.41, 5.74) is 3.91. The van der Waals surface area contributed by atoms with E-state index in [1.807, 2.05) is 48.5 Å². The van der Waals surface area contributed by atoms with Crippen LogP contribution in [0, 0.1) is 0 Å². The van der Waals surface area contributed by atoms with Crippen LogP contribution in [0.4, 0.5) is 4.79 Å². The highest BCUT2D eigenvalue weighted by atomic mass is 16.7. The van der Waals surface area contributed by atoms with Crippen LogP contribution in [0.2, 0.25) is 0 Å². The van der Waals surface area contributed by atoms with Crippen molar-refractivity contribution in [2.75, 3.05) is 0 Å². The molecule has 0 heterocycles. The molecule has 0 saturated carbocycles. The number of carbonyl (C=O) groups is 1. The Balaban J connectivity index is 1.69. The highest BCUT2D eigenvalue weighted by molar-refractivity contribution is 5.87. The van der Waals surface area contributed by atoms with Crippen LogP contribution in [-0.4, -0.2) is 11.3 Å². The van der Waals surface area contributed by atoms with Gasteiger partial charge in [-0.1, -0.05) is 78.9 Å². The lowest BCUT2D eigenvalue weighted by molar-refractivity contribution is 0.144. The van der Waals surface area contributed by atoms with Crippen molar-refractivity contribution in [3.63, 3.8) is 0 Å². The third-order valence-electron chi connectivity index (χ3n) is 4.36. The zero-order chi connectivity index (χ0) is 17.9. The van der Waals surface area contributed by atoms with Crippen LogP contribution in [0.25, 0.3) is 33.0 Å². The summed E-state index contributed by atoms with van der Waals surface area (Å²) < 4.78 is 4.88. The predicted octanol–water partition coefficient (Wildman–Crippen LogP) is 6.23. The molecule has 0 amide bonds. The lowest BCUT2D eigenvalue weighted by Crippen LogP contribution is -2.03. The van der Waals surface area contributed by atoms with Gasteiger partial charge in [0, 0.05) is 5.56 Å². The Morgan fingerprint density at radius 2 is 1.27 bits per heavy atom. The molecule has 0 fully saturated rings. The second-order valence-electron chi connectivity index (χ2n) is 6.00. The highest BCUT2D eigenvalue weighted by Crippen LogP contribution is 2.32. The summed E-state index contributed by atoms with van der Waals surface area (Å²) >= 11 is 0. The molecule has 0 aliphatic rings. The van der Waals surface area contributed by atoms with Crippen molar-refractivity contribution in [3.05, 3.63) is 91.0 Å². The average molecular weight is 340 g/mol. The van der Waals surface area contributed by atoms with Gasteiger partial charge in [-0.3, -0.25) is 0 Å². The molecule has 4 aromatic carbocycles. The number of hydrogen-bond acceptors (Lipinski definition) is 2. The molecular weight excluding hydrogens is 324 g/mol. The first-order valence-corrected chi connectivity index (χ1v) is 8.30. The van der Waals surface area contributed by atoms with Crippen molar-refractivity contribution in [2.24, 2.45) is 0 Å². The van der Waals surface area contributed by atoms with Gasteiger partial charge in [-0.25, -0.2) is 4.79 Å². The van der Waals surface area contributed by atoms with Crippen LogP contribution in [-0.2, 0) is 0 Å². The number of ether oxygens (including phenoxy) is 1. The standard InChI is InChI=1S/C23H16O3/c24-23(25)26-22-8-4-3-7-21(22)18-12-9-17(10-13-18)20-14-11-16-5-1-2-6-19(16)15-20/h1-15H,(H,24,25). The van der Waals surface area contributed by atoms with E-state index in [2.05, 4.69) is 30.3 Å². The van der Waals surface area contributed by atoms with Gasteiger partial charge in [0.15, 0.2) is 0 Å². The Kier molecular flexibility index (Phi) is 4.12. The van der Waals surface area contributed by atoms with Gasteiger partial charge < -0.3 is 9.84 Å². The molecule has 0 aromatic heterocycles. The smallest absolute Gasteiger partial charge is 0.449 e. The van der Waals surface area contributed by atoms with E-state index in [0.29, 0.717) is 5.75 Å². The lowest BCUT2D eigenvalue weighted by atomic mass is 9.98. The molecule has 4 rings (SSSR count). The fourth-order valence-corrected chi connectivity index (χ4v) is 3.10. The van der Waals surface area contributed by atoms with E-state index in [0.717, 1.165) is 22.3 Å². The van der Waals surface area contributed by atoms with Crippen LogP contribution in [0.15, 0.2) is 91.0 Å². The summed E-state index contributed by atoms with van der Waals surface area (Å²) in [4.78, 5) is 10.9. The summed E-state index contributed by atoms with van der Waals surface area (Å²) in [6.45, 7) is 0. The molecule has 3 heteroatoms. The Labute approximate surface area is 151 Å². The van der Waals surface area contributed by atoms with Crippen LogP contribution in [0.1, 0.15) is 0 Å². The quantitative estimate of drug-likeness (QED) is 0.355. The summed E-state index contributed by atoms with van der Waals surface area (Å²) in [5.74, 6) is 0.332. The molecule has 126 valence electrons. The number of carboxylic acid groups (broad SMARTS) is 1. The molecule has 26 heavy (non-hydrogen) atoms. The van der Waals surface area contributed by atoms with E-state index in [9.17, 15) is 4.79 Å². The zero-order valence-corrected chi connectivity index (χ0v) is 13.9. The van der Waals surface area contributed by atoms with Crippen molar-refractivity contribution >= 4 is 16.9 Å². The van der Waals surface area contributed by atoms with E-state index in [4.69, 9.17) is 9.84 Å². The summed E-state index contributed by atoms with van der Waals surface area (Å²) in [5, 5.41) is 11.3. The highest BCUT2D eigenvalue weighted by Gasteiger charge is 2.09. The first-order chi connectivity index (χ1) is 12.7. The predicted molar refractivity (Wildman–Crippen MR) is 103 cm³/mol. The zero-order valence-electron chi connectivity index (χ0n) is 13.9. The van der Waals surface area contributed by atoms with Gasteiger partial charge in [0.05, 0.1) is 0 Å². The van der Waals surface area contributed by atoms with Gasteiger partial charge in [0.2, 0.25) is 0 Å². The molecule has 0 saturated heterocycles. The molecule has 1 N–H and O–H groups in total. The van der Waals surface area contributed by atoms with Crippen LogP contribution in [0.5, 0.6) is 5.75 Å². The van der Waals surface area contributed by atoms with Gasteiger partial charge in [-0.15, -0.1) is 0 Å². The van der Waals surface area contributed by atoms with Gasteiger partial charge in [-0.05, 0) is 39.6 Å². The molecule has 4 aromatic rings. The Hall–Kier alpha value is -3.59. The van der Waals surface area contributed by atoms with E-state index in [1.165, 1.54) is 10.8 Å². The van der Waals surface area contributed by atoms with Crippen LogP contribution >= 0.6 is 0 Å². The molecule has 0 radical (unpaired) electrons. The second-order valence-corrected chi connectivity index (χ2v) is 6.00. The minimum Gasteiger partial charge on any atom is -0.449 e. The normalized spacial score (nSPS) is 10.6. The third kappa shape index (κ3) is 3.15. The monoisotopic (exact) mass is 340 g/mol. The Bertz CT molecular complexity index is 1080. The fourth-order valence-electron chi connectivity index (χ4n) is 3.10. The molecule has 3 nitrogen and oxygen atoms in total. The second kappa shape index (κ2) is 6.73. The van der Waals surface area contributed by atoms with Gasteiger partial charge >= 0.3 is 6.16 Å². The van der Waals surface area contributed by atoms with Gasteiger partial charge in [0.25, 0.3) is 0 Å². The van der Waals surface area contributed by atoms with Gasteiger partial charge in [0.1, 0.15) is 5.75 Å². The van der Waals surface area contributed by atoms with Crippen molar-refractivity contribution in [1.82, 2.24) is 0 Å². The van der Waals surface area contributed by atoms with E-state index >= 15 is 0 Å². The summed E-state index contributed by atoms with van der Waals surface area (Å²) in [6, 6.07) is 29.8. The minimum atomic E-state index is -1.31. The number of rotatable bonds is 3. The fraction of sp³-hybridized carbons (Fsp3) is 0. The van der Waals surface area contributed by atoms with Crippen LogP contribution < -0.4 is 4.74 Å². The molecule has 0 spiro atoms. The van der Waals surface area contributed by atoms with Crippen molar-refractivity contribution in [3.8, 4) is 28.0 Å². The maximum absolute atomic E-state index is 10.9. The molecule has 0 atom stereocenters. The first kappa shape index (κ1) is 15.9. The van der Waals surface area contributed by atoms with E-state index < -0.39 is 6.16 Å². The number of benzene rings is 4. The van der Waals surface area contributed by atoms with Gasteiger partial charge in [-0.2, -0.15) is 0 Å². The van der Waals surface area contributed by atoms with E-state index in [1.54, 1.807) is 12.1 Å². The summed E-state index contributed by atoms with van der Waals surface area (Å²) in [6.07, 6.45) is -1.31. The third-order valence-corrected chi connectivity index (χ3v) is 4.36. The molecule has 0 aliphatic carbocycles. The van der Waals surface area contributed by atoms with E-state index in [-0.39, 0.29) is 0 Å². The van der Waals surface area contributed by atoms with Crippen molar-refractivity contribution < 1.29 is 14.6 Å². The maximum atomic E-state index is 10.9. The number of para-hydroxylation sites is 1. The first-order valence-electron chi connectivity index (χ1n) is 8.30. The topological polar surface area (TPSA) is 46.5 Å². The van der Waals surface area contributed by atoms with Crippen molar-refractivity contribution in [2.45, 2.75) is 0 Å². The Morgan fingerprint density at radius 1 is 0.654 bits per heavy atom. The molecule has 0 aliphatic heterocycles.